The van der Waals surface area contributed by atoms with Crippen molar-refractivity contribution in [1.29, 1.82) is 0 Å². The first-order chi connectivity index (χ1) is 8.04. The molecular weight excluding hydrogens is 346 g/mol. The fraction of sp³-hybridized carbons (Fsp3) is 0.308. The van der Waals surface area contributed by atoms with E-state index in [0.717, 1.165) is 27.4 Å². The normalized spacial score (nSPS) is 16.4. The van der Waals surface area contributed by atoms with Crippen molar-refractivity contribution in [3.8, 4) is 0 Å². The van der Waals surface area contributed by atoms with Crippen molar-refractivity contribution in [1.82, 2.24) is 5.32 Å². The number of hydrogen-bond acceptors (Lipinski definition) is 1. The third kappa shape index (κ3) is 2.80. The molecule has 1 aliphatic rings. The van der Waals surface area contributed by atoms with Crippen LogP contribution < -0.4 is 5.32 Å². The van der Waals surface area contributed by atoms with Gasteiger partial charge in [-0.15, -0.1) is 0 Å². The molecule has 2 nitrogen and oxygen atoms in total. The third-order valence-corrected chi connectivity index (χ3v) is 3.83. The Bertz CT molecular complexity index is 449. The Balaban J connectivity index is 2.11. The zero-order valence-corrected chi connectivity index (χ0v) is 12.5. The molecule has 4 heteroatoms. The molecule has 17 heavy (non-hydrogen) atoms. The van der Waals surface area contributed by atoms with Gasteiger partial charge in [-0.25, -0.2) is 0 Å². The van der Waals surface area contributed by atoms with Gasteiger partial charge < -0.3 is 5.32 Å². The van der Waals surface area contributed by atoms with Crippen LogP contribution in [0.15, 0.2) is 39.8 Å². The van der Waals surface area contributed by atoms with Crippen molar-refractivity contribution in [2.45, 2.75) is 18.3 Å². The fourth-order valence-electron chi connectivity index (χ4n) is 1.89. The predicted molar refractivity (Wildman–Crippen MR) is 76.1 cm³/mol. The highest BCUT2D eigenvalue weighted by Crippen LogP contribution is 2.48. The number of carbonyl (C=O) groups is 1. The molecule has 0 atom stereocenters. The minimum absolute atomic E-state index is 0.0976. The van der Waals surface area contributed by atoms with Crippen LogP contribution in [-0.4, -0.2) is 12.5 Å². The Kier molecular flexibility index (Phi) is 3.73. The molecule has 2 rings (SSSR count). The lowest BCUT2D eigenvalue weighted by Crippen LogP contribution is -2.35. The Morgan fingerprint density at radius 3 is 2.41 bits per heavy atom. The van der Waals surface area contributed by atoms with Gasteiger partial charge >= 0.3 is 0 Å². The van der Waals surface area contributed by atoms with Crippen LogP contribution in [0.5, 0.6) is 0 Å². The maximum Gasteiger partial charge on any atom is 0.230 e. The van der Waals surface area contributed by atoms with Gasteiger partial charge in [0.2, 0.25) is 5.91 Å². The summed E-state index contributed by atoms with van der Waals surface area (Å²) < 4.78 is 1.82. The summed E-state index contributed by atoms with van der Waals surface area (Å²) in [6.45, 7) is 4.19. The minimum atomic E-state index is -0.302. The molecule has 0 aliphatic heterocycles. The molecule has 0 heterocycles. The number of nitrogens with one attached hydrogen (secondary N) is 1. The van der Waals surface area contributed by atoms with Crippen LogP contribution in [0.4, 0.5) is 0 Å². The smallest absolute Gasteiger partial charge is 0.230 e. The molecule has 1 fully saturated rings. The molecule has 90 valence electrons. The Hall–Kier alpha value is -0.610. The molecule has 1 aromatic rings. The van der Waals surface area contributed by atoms with Gasteiger partial charge in [-0.3, -0.25) is 4.79 Å². The zero-order valence-electron chi connectivity index (χ0n) is 9.30. The van der Waals surface area contributed by atoms with E-state index >= 15 is 0 Å². The van der Waals surface area contributed by atoms with Crippen molar-refractivity contribution < 1.29 is 4.79 Å². The molecule has 0 saturated heterocycles. The predicted octanol–water partition coefficient (Wildman–Crippen LogP) is 3.51. The van der Waals surface area contributed by atoms with Crippen LogP contribution in [0.3, 0.4) is 0 Å². The van der Waals surface area contributed by atoms with Crippen molar-refractivity contribution in [2.24, 2.45) is 0 Å². The van der Waals surface area contributed by atoms with Gasteiger partial charge in [0.15, 0.2) is 0 Å². The highest BCUT2D eigenvalue weighted by atomic mass is 79.9. The Labute approximate surface area is 118 Å². The summed E-state index contributed by atoms with van der Waals surface area (Å²) in [5.74, 6) is 0.0976. The van der Waals surface area contributed by atoms with Crippen LogP contribution in [0.25, 0.3) is 0 Å². The highest BCUT2D eigenvalue weighted by molar-refractivity contribution is 9.11. The van der Waals surface area contributed by atoms with Gasteiger partial charge in [-0.1, -0.05) is 50.6 Å². The standard InChI is InChI=1S/C13H13Br2NO/c1-9(14)8-16-12(17)13(6-7-13)10-2-4-11(15)5-3-10/h2-5H,1,6-8H2,(H,16,17). The van der Waals surface area contributed by atoms with Crippen molar-refractivity contribution in [3.05, 3.63) is 45.4 Å². The van der Waals surface area contributed by atoms with Gasteiger partial charge in [0.05, 0.1) is 5.41 Å². The summed E-state index contributed by atoms with van der Waals surface area (Å²) in [7, 11) is 0. The molecule has 0 radical (unpaired) electrons. The molecule has 0 unspecified atom stereocenters. The molecular formula is C13H13Br2NO. The average molecular weight is 359 g/mol. The second-order valence-corrected chi connectivity index (χ2v) is 6.33. The second kappa shape index (κ2) is 4.94. The topological polar surface area (TPSA) is 29.1 Å². The van der Waals surface area contributed by atoms with E-state index in [0.29, 0.717) is 6.54 Å². The van der Waals surface area contributed by atoms with E-state index in [9.17, 15) is 4.79 Å². The summed E-state index contributed by atoms with van der Waals surface area (Å²) in [5.41, 5.74) is 0.793. The number of benzene rings is 1. The molecule has 1 saturated carbocycles. The number of hydrogen-bond donors (Lipinski definition) is 1. The van der Waals surface area contributed by atoms with E-state index in [1.807, 2.05) is 24.3 Å². The van der Waals surface area contributed by atoms with Crippen molar-refractivity contribution in [3.63, 3.8) is 0 Å². The molecule has 1 amide bonds. The van der Waals surface area contributed by atoms with Crippen molar-refractivity contribution in [2.75, 3.05) is 6.54 Å². The van der Waals surface area contributed by atoms with E-state index in [1.54, 1.807) is 0 Å². The summed E-state index contributed by atoms with van der Waals surface area (Å²) in [6, 6.07) is 7.98. The monoisotopic (exact) mass is 357 g/mol. The fourth-order valence-corrected chi connectivity index (χ4v) is 2.29. The number of halogens is 2. The van der Waals surface area contributed by atoms with Gasteiger partial charge in [0.25, 0.3) is 0 Å². The van der Waals surface area contributed by atoms with Crippen LogP contribution in [0.2, 0.25) is 0 Å². The quantitative estimate of drug-likeness (QED) is 0.876. The van der Waals surface area contributed by atoms with Crippen LogP contribution >= 0.6 is 31.9 Å². The van der Waals surface area contributed by atoms with E-state index < -0.39 is 0 Å². The van der Waals surface area contributed by atoms with E-state index in [-0.39, 0.29) is 11.3 Å². The van der Waals surface area contributed by atoms with Crippen molar-refractivity contribution >= 4 is 37.8 Å². The second-order valence-electron chi connectivity index (χ2n) is 4.29. The molecule has 0 aromatic heterocycles. The molecule has 0 bridgehead atoms. The Morgan fingerprint density at radius 2 is 1.94 bits per heavy atom. The molecule has 0 spiro atoms. The summed E-state index contributed by atoms with van der Waals surface area (Å²) >= 11 is 6.64. The lowest BCUT2D eigenvalue weighted by molar-refractivity contribution is -0.123. The first-order valence-electron chi connectivity index (χ1n) is 5.42. The van der Waals surface area contributed by atoms with Gasteiger partial charge in [0.1, 0.15) is 0 Å². The molecule has 1 N–H and O–H groups in total. The maximum atomic E-state index is 12.1. The van der Waals surface area contributed by atoms with E-state index in [4.69, 9.17) is 0 Å². The highest BCUT2D eigenvalue weighted by Gasteiger charge is 2.50. The maximum absolute atomic E-state index is 12.1. The lowest BCUT2D eigenvalue weighted by Gasteiger charge is -2.15. The van der Waals surface area contributed by atoms with Gasteiger partial charge in [-0.2, -0.15) is 0 Å². The van der Waals surface area contributed by atoms with Gasteiger partial charge in [0, 0.05) is 15.5 Å². The average Bonchev–Trinajstić information content (AvgIpc) is 3.08. The van der Waals surface area contributed by atoms with Crippen LogP contribution in [0.1, 0.15) is 18.4 Å². The van der Waals surface area contributed by atoms with Gasteiger partial charge in [-0.05, 0) is 30.5 Å². The van der Waals surface area contributed by atoms with E-state index in [2.05, 4.69) is 43.8 Å². The number of carbonyl (C=O) groups excluding carboxylic acids is 1. The molecule has 1 aromatic carbocycles. The SMILES string of the molecule is C=C(Br)CNC(=O)C1(c2ccc(Br)cc2)CC1. The first-order valence-corrected chi connectivity index (χ1v) is 7.01. The largest absolute Gasteiger partial charge is 0.351 e. The zero-order chi connectivity index (χ0) is 12.5. The number of rotatable bonds is 4. The number of amides is 1. The first kappa shape index (κ1) is 12.8. The van der Waals surface area contributed by atoms with E-state index in [1.165, 1.54) is 0 Å². The summed E-state index contributed by atoms with van der Waals surface area (Å²) in [6.07, 6.45) is 1.85. The molecule has 1 aliphatic carbocycles. The van der Waals surface area contributed by atoms with Crippen LogP contribution in [0, 0.1) is 0 Å². The summed E-state index contributed by atoms with van der Waals surface area (Å²) in [5, 5.41) is 2.90. The summed E-state index contributed by atoms with van der Waals surface area (Å²) in [4.78, 5) is 12.1. The third-order valence-electron chi connectivity index (χ3n) is 3.02. The lowest BCUT2D eigenvalue weighted by atomic mass is 9.95. The minimum Gasteiger partial charge on any atom is -0.351 e. The Morgan fingerprint density at radius 1 is 1.35 bits per heavy atom. The van der Waals surface area contributed by atoms with Crippen LogP contribution in [-0.2, 0) is 10.2 Å².